The number of nitrogens with zero attached hydrogens (tertiary/aromatic N) is 3. The van der Waals surface area contributed by atoms with Crippen LogP contribution >= 0.6 is 11.3 Å². The molecule has 0 unspecified atom stereocenters. The lowest BCUT2D eigenvalue weighted by Crippen LogP contribution is -2.44. The van der Waals surface area contributed by atoms with Crippen molar-refractivity contribution in [3.05, 3.63) is 35.5 Å². The third-order valence-electron chi connectivity index (χ3n) is 4.46. The van der Waals surface area contributed by atoms with Crippen LogP contribution in [0.4, 0.5) is 0 Å². The first-order chi connectivity index (χ1) is 11.5. The predicted molar refractivity (Wildman–Crippen MR) is 93.0 cm³/mol. The summed E-state index contributed by atoms with van der Waals surface area (Å²) in [4.78, 5) is 28.0. The molecule has 0 saturated carbocycles. The molecule has 7 heteroatoms. The number of likely N-dealkylation sites (tertiary alicyclic amines) is 1. The summed E-state index contributed by atoms with van der Waals surface area (Å²) in [6.07, 6.45) is 4.76. The fourth-order valence-corrected chi connectivity index (χ4v) is 3.82. The van der Waals surface area contributed by atoms with Crippen molar-refractivity contribution in [2.75, 3.05) is 13.1 Å². The van der Waals surface area contributed by atoms with Gasteiger partial charge in [-0.1, -0.05) is 0 Å². The lowest BCUT2D eigenvalue weighted by molar-refractivity contribution is -0.00188. The second kappa shape index (κ2) is 5.68. The van der Waals surface area contributed by atoms with Gasteiger partial charge in [-0.05, 0) is 38.0 Å². The Morgan fingerprint density at radius 1 is 1.33 bits per heavy atom. The summed E-state index contributed by atoms with van der Waals surface area (Å²) >= 11 is 1.43. The van der Waals surface area contributed by atoms with Gasteiger partial charge in [0.25, 0.3) is 5.91 Å². The summed E-state index contributed by atoms with van der Waals surface area (Å²) in [5.41, 5.74) is 1.69. The zero-order valence-electron chi connectivity index (χ0n) is 13.3. The van der Waals surface area contributed by atoms with Crippen molar-refractivity contribution in [1.29, 1.82) is 0 Å². The largest absolute Gasteiger partial charge is 0.390 e. The minimum absolute atomic E-state index is 0.0254. The molecule has 24 heavy (non-hydrogen) atoms. The van der Waals surface area contributed by atoms with Crippen LogP contribution in [0, 0.1) is 0 Å². The van der Waals surface area contributed by atoms with Crippen molar-refractivity contribution in [3.8, 4) is 10.6 Å². The zero-order valence-corrected chi connectivity index (χ0v) is 14.1. The summed E-state index contributed by atoms with van der Waals surface area (Å²) in [7, 11) is 0. The third kappa shape index (κ3) is 2.81. The Labute approximate surface area is 143 Å². The van der Waals surface area contributed by atoms with Crippen molar-refractivity contribution < 1.29 is 9.90 Å². The number of nitrogens with one attached hydrogen (secondary N) is 1. The maximum atomic E-state index is 12.6. The average molecular weight is 342 g/mol. The molecule has 1 saturated heterocycles. The van der Waals surface area contributed by atoms with Crippen LogP contribution in [0.15, 0.2) is 30.6 Å². The molecule has 2 N–H and O–H groups in total. The maximum absolute atomic E-state index is 12.6. The number of carbonyl (C=O) groups excluding carboxylic acids is 1. The second-order valence-corrected chi connectivity index (χ2v) is 7.50. The van der Waals surface area contributed by atoms with Crippen LogP contribution < -0.4 is 0 Å². The highest BCUT2D eigenvalue weighted by Gasteiger charge is 2.30. The van der Waals surface area contributed by atoms with E-state index < -0.39 is 5.60 Å². The van der Waals surface area contributed by atoms with Gasteiger partial charge in [-0.15, -0.1) is 11.3 Å². The van der Waals surface area contributed by atoms with Crippen LogP contribution in [-0.2, 0) is 0 Å². The standard InChI is InChI=1S/C17H18N4O2S/c1-17(23)5-8-21(9-6-17)16(22)14-3-2-13(24-14)12-10-19-15-11(20-12)4-7-18-15/h2-4,7,10,23H,5-6,8-9H2,1H3,(H,18,19). The minimum Gasteiger partial charge on any atom is -0.390 e. The molecule has 0 aliphatic carbocycles. The molecule has 4 rings (SSSR count). The van der Waals surface area contributed by atoms with Gasteiger partial charge in [-0.2, -0.15) is 0 Å². The highest BCUT2D eigenvalue weighted by molar-refractivity contribution is 7.17. The molecule has 3 aromatic heterocycles. The highest BCUT2D eigenvalue weighted by Crippen LogP contribution is 2.29. The Kier molecular flexibility index (Phi) is 3.62. The number of aromatic amines is 1. The van der Waals surface area contributed by atoms with E-state index in [4.69, 9.17) is 0 Å². The van der Waals surface area contributed by atoms with Gasteiger partial charge in [-0.3, -0.25) is 4.79 Å². The fourth-order valence-electron chi connectivity index (χ4n) is 2.89. The van der Waals surface area contributed by atoms with E-state index >= 15 is 0 Å². The lowest BCUT2D eigenvalue weighted by Gasteiger charge is -2.35. The monoisotopic (exact) mass is 342 g/mol. The molecule has 3 aromatic rings. The number of piperidine rings is 1. The van der Waals surface area contributed by atoms with Gasteiger partial charge in [0.05, 0.1) is 27.2 Å². The molecule has 4 heterocycles. The molecule has 1 fully saturated rings. The maximum Gasteiger partial charge on any atom is 0.263 e. The Morgan fingerprint density at radius 2 is 2.12 bits per heavy atom. The predicted octanol–water partition coefficient (Wildman–Crippen LogP) is 2.67. The Hall–Kier alpha value is -2.25. The first-order valence-corrected chi connectivity index (χ1v) is 8.75. The number of carbonyl (C=O) groups is 1. The molecule has 1 amide bonds. The number of hydrogen-bond acceptors (Lipinski definition) is 5. The van der Waals surface area contributed by atoms with Gasteiger partial charge >= 0.3 is 0 Å². The zero-order chi connectivity index (χ0) is 16.7. The summed E-state index contributed by atoms with van der Waals surface area (Å²) in [6, 6.07) is 5.64. The molecule has 1 aliphatic heterocycles. The van der Waals surface area contributed by atoms with E-state index in [1.165, 1.54) is 11.3 Å². The summed E-state index contributed by atoms with van der Waals surface area (Å²) in [5.74, 6) is 0.0254. The van der Waals surface area contributed by atoms with Crippen LogP contribution in [0.25, 0.3) is 21.7 Å². The smallest absolute Gasteiger partial charge is 0.263 e. The number of hydrogen-bond donors (Lipinski definition) is 2. The van der Waals surface area contributed by atoms with Crippen molar-refractivity contribution in [2.24, 2.45) is 0 Å². The number of H-pyrrole nitrogens is 1. The van der Waals surface area contributed by atoms with Gasteiger partial charge in [0.1, 0.15) is 5.52 Å². The van der Waals surface area contributed by atoms with E-state index in [-0.39, 0.29) is 5.91 Å². The number of fused-ring (bicyclic) bond motifs is 1. The van der Waals surface area contributed by atoms with Crippen LogP contribution in [0.3, 0.4) is 0 Å². The Balaban J connectivity index is 1.55. The molecule has 0 aromatic carbocycles. The van der Waals surface area contributed by atoms with E-state index in [0.29, 0.717) is 30.8 Å². The molecule has 124 valence electrons. The normalized spacial score (nSPS) is 17.3. The summed E-state index contributed by atoms with van der Waals surface area (Å²) < 4.78 is 0. The first-order valence-electron chi connectivity index (χ1n) is 7.94. The van der Waals surface area contributed by atoms with Crippen molar-refractivity contribution in [2.45, 2.75) is 25.4 Å². The lowest BCUT2D eigenvalue weighted by atomic mass is 9.94. The fraction of sp³-hybridized carbons (Fsp3) is 0.353. The molecule has 6 nitrogen and oxygen atoms in total. The number of aromatic nitrogens is 3. The average Bonchev–Trinajstić information content (AvgIpc) is 3.22. The van der Waals surface area contributed by atoms with Crippen molar-refractivity contribution in [3.63, 3.8) is 0 Å². The van der Waals surface area contributed by atoms with Crippen molar-refractivity contribution >= 4 is 28.4 Å². The summed E-state index contributed by atoms with van der Waals surface area (Å²) in [5, 5.41) is 10.0. The summed E-state index contributed by atoms with van der Waals surface area (Å²) in [6.45, 7) is 3.01. The highest BCUT2D eigenvalue weighted by atomic mass is 32.1. The van der Waals surface area contributed by atoms with Gasteiger partial charge < -0.3 is 15.0 Å². The Morgan fingerprint density at radius 3 is 2.92 bits per heavy atom. The Bertz CT molecular complexity index is 889. The quantitative estimate of drug-likeness (QED) is 0.750. The SMILES string of the molecule is CC1(O)CCN(C(=O)c2ccc(-c3cnc4[nH]ccc4n3)s2)CC1. The van der Waals surface area contributed by atoms with E-state index in [1.807, 2.05) is 36.2 Å². The van der Waals surface area contributed by atoms with Gasteiger partial charge in [0, 0.05) is 19.3 Å². The molecule has 0 atom stereocenters. The number of rotatable bonds is 2. The first kappa shape index (κ1) is 15.3. The molecule has 1 aliphatic rings. The number of amides is 1. The third-order valence-corrected chi connectivity index (χ3v) is 5.55. The van der Waals surface area contributed by atoms with Crippen LogP contribution in [0.5, 0.6) is 0 Å². The molecule has 0 spiro atoms. The van der Waals surface area contributed by atoms with Gasteiger partial charge in [0.15, 0.2) is 5.65 Å². The van der Waals surface area contributed by atoms with Gasteiger partial charge in [-0.25, -0.2) is 9.97 Å². The second-order valence-electron chi connectivity index (χ2n) is 6.42. The van der Waals surface area contributed by atoms with Crippen LogP contribution in [0.1, 0.15) is 29.4 Å². The molecule has 0 radical (unpaired) electrons. The van der Waals surface area contributed by atoms with Crippen LogP contribution in [0.2, 0.25) is 0 Å². The van der Waals surface area contributed by atoms with E-state index in [2.05, 4.69) is 15.0 Å². The topological polar surface area (TPSA) is 82.1 Å². The van der Waals surface area contributed by atoms with Gasteiger partial charge in [0.2, 0.25) is 0 Å². The molecular formula is C17H18N4O2S. The van der Waals surface area contributed by atoms with Crippen molar-refractivity contribution in [1.82, 2.24) is 19.9 Å². The minimum atomic E-state index is -0.654. The van der Waals surface area contributed by atoms with E-state index in [9.17, 15) is 9.90 Å². The van der Waals surface area contributed by atoms with Crippen LogP contribution in [-0.4, -0.2) is 49.6 Å². The van der Waals surface area contributed by atoms with E-state index in [1.54, 1.807) is 6.20 Å². The molecule has 0 bridgehead atoms. The number of aliphatic hydroxyl groups is 1. The number of thiophene rings is 1. The van der Waals surface area contributed by atoms with E-state index in [0.717, 1.165) is 21.7 Å². The molecular weight excluding hydrogens is 324 g/mol.